The lowest BCUT2D eigenvalue weighted by molar-refractivity contribution is -0.143. The number of aliphatic hydroxyl groups is 1. The molecule has 1 saturated heterocycles. The van der Waals surface area contributed by atoms with Gasteiger partial charge < -0.3 is 15.5 Å². The summed E-state index contributed by atoms with van der Waals surface area (Å²) in [7, 11) is 0. The summed E-state index contributed by atoms with van der Waals surface area (Å²) in [5, 5.41) is 23.9. The second-order valence-corrected chi connectivity index (χ2v) is 8.60. The summed E-state index contributed by atoms with van der Waals surface area (Å²) in [4.78, 5) is 26.3. The number of benzene rings is 1. The molecular weight excluding hydrogens is 380 g/mol. The highest BCUT2D eigenvalue weighted by Crippen LogP contribution is 2.38. The first-order chi connectivity index (χ1) is 14.3. The first-order valence-electron chi connectivity index (χ1n) is 11.3. The van der Waals surface area contributed by atoms with Crippen LogP contribution in [0.3, 0.4) is 0 Å². The molecule has 0 unspecified atom stereocenters. The van der Waals surface area contributed by atoms with E-state index in [9.17, 15) is 19.8 Å². The molecule has 0 radical (unpaired) electrons. The molecule has 1 amide bonds. The van der Waals surface area contributed by atoms with E-state index in [1.165, 1.54) is 6.92 Å². The largest absolute Gasteiger partial charge is 0.480 e. The fourth-order valence-electron chi connectivity index (χ4n) is 4.98. The molecule has 6 heteroatoms. The molecule has 1 heterocycles. The third-order valence-electron chi connectivity index (χ3n) is 6.67. The van der Waals surface area contributed by atoms with Gasteiger partial charge in [-0.05, 0) is 30.7 Å². The molecule has 30 heavy (non-hydrogen) atoms. The minimum absolute atomic E-state index is 0.117. The first kappa shape index (κ1) is 24.4. The molecule has 1 aliphatic heterocycles. The normalized spacial score (nSPS) is 24.0. The summed E-state index contributed by atoms with van der Waals surface area (Å²) in [6, 6.07) is 8.71. The molecule has 168 valence electrons. The van der Waals surface area contributed by atoms with Gasteiger partial charge in [0.05, 0.1) is 6.10 Å². The lowest BCUT2D eigenvalue weighted by Gasteiger charge is -2.39. The van der Waals surface area contributed by atoms with E-state index in [0.29, 0.717) is 25.3 Å². The number of hydrogen-bond acceptors (Lipinski definition) is 4. The highest BCUT2D eigenvalue weighted by Gasteiger charge is 2.50. The number of carboxylic acid groups (broad SMARTS) is 1. The molecule has 6 nitrogen and oxygen atoms in total. The van der Waals surface area contributed by atoms with Gasteiger partial charge in [-0.15, -0.1) is 0 Å². The Balaban J connectivity index is 2.47. The van der Waals surface area contributed by atoms with E-state index < -0.39 is 18.1 Å². The van der Waals surface area contributed by atoms with E-state index in [0.717, 1.165) is 24.8 Å². The van der Waals surface area contributed by atoms with Crippen molar-refractivity contribution in [1.82, 2.24) is 10.2 Å². The number of nitrogens with zero attached hydrogens (tertiary/aromatic N) is 1. The number of carbonyl (C=O) groups is 2. The SMILES string of the molecule is CCC(CC)C[C@H](NC(C)=O)[C@H]1[C@H]([C@@H](O)CC)C[C@H](C(=O)O)N1Cc1ccccc1. The van der Waals surface area contributed by atoms with E-state index in [2.05, 4.69) is 19.2 Å². The van der Waals surface area contributed by atoms with E-state index in [-0.39, 0.29) is 23.9 Å². The molecule has 1 aromatic rings. The minimum atomic E-state index is -0.870. The average Bonchev–Trinajstić information content (AvgIpc) is 3.10. The van der Waals surface area contributed by atoms with Crippen LogP contribution in [-0.4, -0.2) is 51.2 Å². The molecular formula is C24H38N2O4. The van der Waals surface area contributed by atoms with Crippen molar-refractivity contribution in [1.29, 1.82) is 0 Å². The van der Waals surface area contributed by atoms with Gasteiger partial charge in [-0.25, -0.2) is 0 Å². The molecule has 3 N–H and O–H groups in total. The lowest BCUT2D eigenvalue weighted by atomic mass is 9.82. The van der Waals surface area contributed by atoms with Gasteiger partial charge in [0.1, 0.15) is 6.04 Å². The predicted molar refractivity (Wildman–Crippen MR) is 118 cm³/mol. The van der Waals surface area contributed by atoms with Gasteiger partial charge in [0.25, 0.3) is 0 Å². The van der Waals surface area contributed by atoms with Gasteiger partial charge in [-0.3, -0.25) is 14.5 Å². The number of nitrogens with one attached hydrogen (secondary N) is 1. The number of likely N-dealkylation sites (tertiary alicyclic amines) is 1. The van der Waals surface area contributed by atoms with Crippen LogP contribution in [0.4, 0.5) is 0 Å². The molecule has 0 saturated carbocycles. The average molecular weight is 419 g/mol. The highest BCUT2D eigenvalue weighted by atomic mass is 16.4. The standard InChI is InChI=1S/C24H38N2O4/c1-5-17(6-2)13-20(25-16(4)27)23-19(22(28)7-3)14-21(24(29)30)26(23)15-18-11-9-8-10-12-18/h8-12,17,19-23,28H,5-7,13-15H2,1-4H3,(H,25,27)(H,29,30)/t19-,20-,21+,22-,23+/m0/s1. The molecule has 2 rings (SSSR count). The molecule has 0 aliphatic carbocycles. The zero-order valence-corrected chi connectivity index (χ0v) is 18.8. The van der Waals surface area contributed by atoms with Crippen LogP contribution in [0.15, 0.2) is 30.3 Å². The van der Waals surface area contributed by atoms with Crippen molar-refractivity contribution in [3.63, 3.8) is 0 Å². The van der Waals surface area contributed by atoms with Crippen molar-refractivity contribution < 1.29 is 19.8 Å². The number of amides is 1. The Morgan fingerprint density at radius 2 is 1.77 bits per heavy atom. The van der Waals surface area contributed by atoms with Gasteiger partial charge in [0, 0.05) is 31.5 Å². The first-order valence-corrected chi connectivity index (χ1v) is 11.3. The van der Waals surface area contributed by atoms with E-state index in [4.69, 9.17) is 0 Å². The van der Waals surface area contributed by atoms with Crippen molar-refractivity contribution >= 4 is 11.9 Å². The van der Waals surface area contributed by atoms with Crippen molar-refractivity contribution in [2.75, 3.05) is 0 Å². The van der Waals surface area contributed by atoms with Crippen LogP contribution in [0.2, 0.25) is 0 Å². The monoisotopic (exact) mass is 418 g/mol. The Hall–Kier alpha value is -1.92. The van der Waals surface area contributed by atoms with Crippen molar-refractivity contribution in [2.24, 2.45) is 11.8 Å². The smallest absolute Gasteiger partial charge is 0.320 e. The molecule has 0 aromatic heterocycles. The molecule has 1 fully saturated rings. The van der Waals surface area contributed by atoms with Gasteiger partial charge in [-0.1, -0.05) is 63.9 Å². The van der Waals surface area contributed by atoms with E-state index >= 15 is 0 Å². The zero-order valence-electron chi connectivity index (χ0n) is 18.8. The Bertz CT molecular complexity index is 677. The number of rotatable bonds is 11. The quantitative estimate of drug-likeness (QED) is 0.512. The lowest BCUT2D eigenvalue weighted by Crippen LogP contribution is -2.55. The number of carboxylic acids is 1. The maximum atomic E-state index is 12.2. The van der Waals surface area contributed by atoms with E-state index in [1.54, 1.807) is 0 Å². The summed E-state index contributed by atoms with van der Waals surface area (Å²) in [5.41, 5.74) is 1.03. The molecule has 1 aromatic carbocycles. The highest BCUT2D eigenvalue weighted by molar-refractivity contribution is 5.75. The second kappa shape index (κ2) is 11.5. The zero-order chi connectivity index (χ0) is 22.3. The van der Waals surface area contributed by atoms with Crippen molar-refractivity contribution in [3.05, 3.63) is 35.9 Å². The van der Waals surface area contributed by atoms with Crippen LogP contribution in [0, 0.1) is 11.8 Å². The van der Waals surface area contributed by atoms with Crippen LogP contribution in [0.1, 0.15) is 65.4 Å². The molecule has 1 aliphatic rings. The second-order valence-electron chi connectivity index (χ2n) is 8.60. The Morgan fingerprint density at radius 3 is 2.27 bits per heavy atom. The number of aliphatic carboxylic acids is 1. The molecule has 0 bridgehead atoms. The van der Waals surface area contributed by atoms with Crippen LogP contribution < -0.4 is 5.32 Å². The maximum Gasteiger partial charge on any atom is 0.320 e. The summed E-state index contributed by atoms with van der Waals surface area (Å²) in [5.74, 6) is -0.755. The molecule has 5 atom stereocenters. The summed E-state index contributed by atoms with van der Waals surface area (Å²) in [6.07, 6.45) is 3.13. The Labute approximate surface area is 180 Å². The van der Waals surface area contributed by atoms with Gasteiger partial charge in [0.15, 0.2) is 0 Å². The Kier molecular flexibility index (Phi) is 9.31. The van der Waals surface area contributed by atoms with Crippen LogP contribution in [0.5, 0.6) is 0 Å². The number of hydrogen-bond donors (Lipinski definition) is 3. The summed E-state index contributed by atoms with van der Waals surface area (Å²) in [6.45, 7) is 8.21. The maximum absolute atomic E-state index is 12.2. The van der Waals surface area contributed by atoms with Gasteiger partial charge >= 0.3 is 5.97 Å². The number of carbonyl (C=O) groups excluding carboxylic acids is 1. The van der Waals surface area contributed by atoms with Crippen LogP contribution in [-0.2, 0) is 16.1 Å². The van der Waals surface area contributed by atoms with Gasteiger partial charge in [-0.2, -0.15) is 0 Å². The Morgan fingerprint density at radius 1 is 1.13 bits per heavy atom. The fourth-order valence-corrected chi connectivity index (χ4v) is 4.98. The number of aliphatic hydroxyl groups excluding tert-OH is 1. The summed E-state index contributed by atoms with van der Waals surface area (Å²) < 4.78 is 0. The van der Waals surface area contributed by atoms with Crippen LogP contribution in [0.25, 0.3) is 0 Å². The van der Waals surface area contributed by atoms with Gasteiger partial charge in [0.2, 0.25) is 5.91 Å². The topological polar surface area (TPSA) is 89.9 Å². The van der Waals surface area contributed by atoms with Crippen molar-refractivity contribution in [3.8, 4) is 0 Å². The minimum Gasteiger partial charge on any atom is -0.480 e. The molecule has 0 spiro atoms. The third-order valence-corrected chi connectivity index (χ3v) is 6.67. The summed E-state index contributed by atoms with van der Waals surface area (Å²) >= 11 is 0. The van der Waals surface area contributed by atoms with Crippen molar-refractivity contribution in [2.45, 2.75) is 90.6 Å². The predicted octanol–water partition coefficient (Wildman–Crippen LogP) is 3.43. The third kappa shape index (κ3) is 6.05. The van der Waals surface area contributed by atoms with Crippen LogP contribution >= 0.6 is 0 Å². The van der Waals surface area contributed by atoms with E-state index in [1.807, 2.05) is 42.2 Å². The fraction of sp³-hybridized carbons (Fsp3) is 0.667.